The van der Waals surface area contributed by atoms with E-state index in [-0.39, 0.29) is 0 Å². The minimum Gasteiger partial charge on any atom is -0.399 e. The molecule has 0 N–H and O–H groups in total. The molecule has 1 aliphatic carbocycles. The largest absolute Gasteiger partial charge is 0.399 e. The number of hydrogen-bond donors (Lipinski definition) is 0. The molecule has 0 radical (unpaired) electrons. The second kappa shape index (κ2) is 3.88. The molecule has 0 saturated carbocycles. The Labute approximate surface area is 60.9 Å². The van der Waals surface area contributed by atoms with Crippen molar-refractivity contribution in [3.63, 3.8) is 0 Å². The van der Waals surface area contributed by atoms with Gasteiger partial charge in [0, 0.05) is 12.8 Å². The fraction of sp³-hybridized carbons (Fsp3) is 0.375. The molecule has 2 heteroatoms. The molecule has 10 heavy (non-hydrogen) atoms. The Balaban J connectivity index is 2.55. The van der Waals surface area contributed by atoms with Gasteiger partial charge in [0.1, 0.15) is 7.11 Å². The van der Waals surface area contributed by atoms with E-state index in [1.165, 1.54) is 0 Å². The highest BCUT2D eigenvalue weighted by Crippen LogP contribution is 2.01. The molecule has 0 saturated heterocycles. The molecule has 0 bridgehead atoms. The monoisotopic (exact) mass is 137 g/mol. The third-order valence-corrected chi connectivity index (χ3v) is 1.31. The number of nitrogens with zero attached hydrogens (tertiary/aromatic N) is 1. The van der Waals surface area contributed by atoms with Gasteiger partial charge in [0.15, 0.2) is 0 Å². The molecule has 1 rings (SSSR count). The zero-order chi connectivity index (χ0) is 7.23. The highest BCUT2D eigenvalue weighted by Gasteiger charge is 1.95. The van der Waals surface area contributed by atoms with Crippen molar-refractivity contribution in [1.29, 1.82) is 0 Å². The summed E-state index contributed by atoms with van der Waals surface area (Å²) in [5.74, 6) is 0. The first-order chi connectivity index (χ1) is 4.93. The third kappa shape index (κ3) is 2.05. The second-order valence-electron chi connectivity index (χ2n) is 2.10. The molecule has 0 aromatic rings. The van der Waals surface area contributed by atoms with Crippen LogP contribution in [0.5, 0.6) is 0 Å². The topological polar surface area (TPSA) is 21.6 Å². The molecule has 0 fully saturated rings. The number of hydrogen-bond acceptors (Lipinski definition) is 2. The lowest BCUT2D eigenvalue weighted by atomic mass is 10.2. The highest BCUT2D eigenvalue weighted by molar-refractivity contribution is 5.87. The van der Waals surface area contributed by atoms with Crippen LogP contribution in [0, 0.1) is 0 Å². The van der Waals surface area contributed by atoms with Gasteiger partial charge in [-0.2, -0.15) is 0 Å². The smallest absolute Gasteiger partial charge is 0.106 e. The summed E-state index contributed by atoms with van der Waals surface area (Å²) in [6.45, 7) is 0. The van der Waals surface area contributed by atoms with Crippen molar-refractivity contribution in [3.05, 3.63) is 24.3 Å². The zero-order valence-electron chi connectivity index (χ0n) is 6.08. The maximum Gasteiger partial charge on any atom is 0.106 e. The van der Waals surface area contributed by atoms with Crippen LogP contribution in [0.15, 0.2) is 29.5 Å². The molecule has 0 aliphatic heterocycles. The lowest BCUT2D eigenvalue weighted by molar-refractivity contribution is 0.212. The summed E-state index contributed by atoms with van der Waals surface area (Å²) >= 11 is 0. The van der Waals surface area contributed by atoms with Crippen LogP contribution in [0.3, 0.4) is 0 Å². The summed E-state index contributed by atoms with van der Waals surface area (Å²) in [6.07, 6.45) is 10.0. The van der Waals surface area contributed by atoms with Crippen LogP contribution in [0.4, 0.5) is 0 Å². The molecule has 0 aromatic heterocycles. The first-order valence-electron chi connectivity index (χ1n) is 3.34. The van der Waals surface area contributed by atoms with E-state index in [1.807, 2.05) is 12.2 Å². The SMILES string of the molecule is CON=C1CC=CC=CC1. The van der Waals surface area contributed by atoms with Gasteiger partial charge in [0.25, 0.3) is 0 Å². The summed E-state index contributed by atoms with van der Waals surface area (Å²) in [5, 5.41) is 3.86. The Hall–Kier alpha value is -1.05. The van der Waals surface area contributed by atoms with E-state index in [0.29, 0.717) is 0 Å². The fourth-order valence-electron chi connectivity index (χ4n) is 0.852. The van der Waals surface area contributed by atoms with E-state index in [9.17, 15) is 0 Å². The Kier molecular flexibility index (Phi) is 2.74. The number of rotatable bonds is 1. The standard InChI is InChI=1S/C8H11NO/c1-10-9-8-6-4-2-3-5-7-8/h2-5H,6-7H2,1H3. The van der Waals surface area contributed by atoms with Crippen molar-refractivity contribution in [2.24, 2.45) is 5.16 Å². The van der Waals surface area contributed by atoms with Crippen molar-refractivity contribution in [2.75, 3.05) is 7.11 Å². The van der Waals surface area contributed by atoms with Crippen LogP contribution in [0.25, 0.3) is 0 Å². The quantitative estimate of drug-likeness (QED) is 0.506. The average molecular weight is 137 g/mol. The van der Waals surface area contributed by atoms with Gasteiger partial charge < -0.3 is 4.84 Å². The summed E-state index contributed by atoms with van der Waals surface area (Å²) < 4.78 is 0. The molecule has 0 heterocycles. The first-order valence-corrected chi connectivity index (χ1v) is 3.34. The minimum absolute atomic E-state index is 0.904. The van der Waals surface area contributed by atoms with Crippen molar-refractivity contribution in [3.8, 4) is 0 Å². The molecule has 0 amide bonds. The summed E-state index contributed by atoms with van der Waals surface area (Å²) in [6, 6.07) is 0. The summed E-state index contributed by atoms with van der Waals surface area (Å²) in [4.78, 5) is 4.66. The van der Waals surface area contributed by atoms with Crippen LogP contribution in [0.1, 0.15) is 12.8 Å². The van der Waals surface area contributed by atoms with Crippen LogP contribution >= 0.6 is 0 Å². The lowest BCUT2D eigenvalue weighted by Gasteiger charge is -1.95. The Bertz CT molecular complexity index is 164. The average Bonchev–Trinajstić information content (AvgIpc) is 2.17. The molecule has 0 unspecified atom stereocenters. The molecule has 0 atom stereocenters. The summed E-state index contributed by atoms with van der Waals surface area (Å²) in [7, 11) is 1.57. The van der Waals surface area contributed by atoms with Gasteiger partial charge >= 0.3 is 0 Å². The molecule has 1 aliphatic rings. The molecule has 0 spiro atoms. The van der Waals surface area contributed by atoms with Crippen LogP contribution in [-0.2, 0) is 4.84 Å². The molecule has 54 valence electrons. The maximum absolute atomic E-state index is 4.66. The van der Waals surface area contributed by atoms with Gasteiger partial charge in [0.2, 0.25) is 0 Å². The Morgan fingerprint density at radius 2 is 1.90 bits per heavy atom. The number of oxime groups is 1. The van der Waals surface area contributed by atoms with Crippen LogP contribution in [0.2, 0.25) is 0 Å². The van der Waals surface area contributed by atoms with Crippen molar-refractivity contribution in [2.45, 2.75) is 12.8 Å². The van der Waals surface area contributed by atoms with E-state index < -0.39 is 0 Å². The van der Waals surface area contributed by atoms with Crippen molar-refractivity contribution < 1.29 is 4.84 Å². The third-order valence-electron chi connectivity index (χ3n) is 1.31. The molecular weight excluding hydrogens is 126 g/mol. The van der Waals surface area contributed by atoms with Gasteiger partial charge in [0.05, 0.1) is 5.71 Å². The molecular formula is C8H11NO. The molecule has 2 nitrogen and oxygen atoms in total. The van der Waals surface area contributed by atoms with E-state index in [2.05, 4.69) is 22.1 Å². The van der Waals surface area contributed by atoms with E-state index in [1.54, 1.807) is 7.11 Å². The first kappa shape index (κ1) is 7.06. The van der Waals surface area contributed by atoms with Crippen molar-refractivity contribution >= 4 is 5.71 Å². The van der Waals surface area contributed by atoms with Crippen LogP contribution < -0.4 is 0 Å². The normalized spacial score (nSPS) is 16.7. The van der Waals surface area contributed by atoms with Gasteiger partial charge in [-0.15, -0.1) is 0 Å². The van der Waals surface area contributed by atoms with Crippen LogP contribution in [-0.4, -0.2) is 12.8 Å². The van der Waals surface area contributed by atoms with Gasteiger partial charge in [-0.1, -0.05) is 29.5 Å². The zero-order valence-corrected chi connectivity index (χ0v) is 6.08. The Morgan fingerprint density at radius 3 is 2.40 bits per heavy atom. The lowest BCUT2D eigenvalue weighted by Crippen LogP contribution is -1.93. The van der Waals surface area contributed by atoms with E-state index in [4.69, 9.17) is 0 Å². The fourth-order valence-corrected chi connectivity index (χ4v) is 0.852. The highest BCUT2D eigenvalue weighted by atomic mass is 16.6. The predicted octanol–water partition coefficient (Wildman–Crippen LogP) is 1.90. The van der Waals surface area contributed by atoms with Gasteiger partial charge in [-0.05, 0) is 0 Å². The predicted molar refractivity (Wildman–Crippen MR) is 42.0 cm³/mol. The van der Waals surface area contributed by atoms with Gasteiger partial charge in [-0.25, -0.2) is 0 Å². The molecule has 0 aromatic carbocycles. The number of allylic oxidation sites excluding steroid dienone is 4. The van der Waals surface area contributed by atoms with E-state index >= 15 is 0 Å². The second-order valence-corrected chi connectivity index (χ2v) is 2.10. The summed E-state index contributed by atoms with van der Waals surface area (Å²) in [5.41, 5.74) is 1.08. The minimum atomic E-state index is 0.904. The van der Waals surface area contributed by atoms with Gasteiger partial charge in [-0.3, -0.25) is 0 Å². The maximum atomic E-state index is 4.66. The van der Waals surface area contributed by atoms with E-state index in [0.717, 1.165) is 18.6 Å². The Morgan fingerprint density at radius 1 is 1.30 bits per heavy atom. The van der Waals surface area contributed by atoms with Crippen molar-refractivity contribution in [1.82, 2.24) is 0 Å².